The monoisotopic (exact) mass is 290 g/mol. The van der Waals surface area contributed by atoms with Gasteiger partial charge in [-0.25, -0.2) is 4.99 Å². The van der Waals surface area contributed by atoms with Crippen molar-refractivity contribution in [2.75, 3.05) is 59.0 Å². The van der Waals surface area contributed by atoms with Gasteiger partial charge in [0.15, 0.2) is 5.96 Å². The first-order valence-electron chi connectivity index (χ1n) is 6.40. The van der Waals surface area contributed by atoms with E-state index in [0.29, 0.717) is 25.7 Å². The van der Waals surface area contributed by atoms with E-state index in [1.165, 1.54) is 4.90 Å². The standard InChI is InChI=1S/C12H26N4O2S/c1-5-18-8-6-13-12(14-7-9-19-4)15-10-11(17)16(2)3/h5-10H2,1-4H3,(H2,13,14,15). The third-order valence-corrected chi connectivity index (χ3v) is 2.83. The summed E-state index contributed by atoms with van der Waals surface area (Å²) in [6.07, 6.45) is 2.05. The van der Waals surface area contributed by atoms with Crippen LogP contribution in [0.15, 0.2) is 4.99 Å². The smallest absolute Gasteiger partial charge is 0.243 e. The highest BCUT2D eigenvalue weighted by atomic mass is 32.2. The number of aliphatic imine (C=N–C) groups is 1. The summed E-state index contributed by atoms with van der Waals surface area (Å²) in [5.74, 6) is 1.63. The molecule has 0 atom stereocenters. The summed E-state index contributed by atoms with van der Waals surface area (Å²) in [6.45, 7) is 4.93. The number of guanidine groups is 1. The summed E-state index contributed by atoms with van der Waals surface area (Å²) >= 11 is 1.76. The Labute approximate surface area is 120 Å². The summed E-state index contributed by atoms with van der Waals surface area (Å²) in [5.41, 5.74) is 0. The molecule has 1 amide bonds. The molecule has 0 aliphatic rings. The summed E-state index contributed by atoms with van der Waals surface area (Å²) in [6, 6.07) is 0. The van der Waals surface area contributed by atoms with Gasteiger partial charge in [0.1, 0.15) is 6.54 Å². The highest BCUT2D eigenvalue weighted by Gasteiger charge is 2.03. The number of amides is 1. The second kappa shape index (κ2) is 12.1. The average Bonchev–Trinajstić information content (AvgIpc) is 2.39. The number of nitrogens with one attached hydrogen (secondary N) is 2. The van der Waals surface area contributed by atoms with E-state index >= 15 is 0 Å². The number of ether oxygens (including phenoxy) is 1. The minimum Gasteiger partial charge on any atom is -0.380 e. The van der Waals surface area contributed by atoms with E-state index in [0.717, 1.165) is 12.3 Å². The van der Waals surface area contributed by atoms with Crippen molar-refractivity contribution in [2.45, 2.75) is 6.92 Å². The third-order valence-electron chi connectivity index (χ3n) is 2.21. The average molecular weight is 290 g/mol. The molecule has 0 spiro atoms. The second-order valence-corrected chi connectivity index (χ2v) is 4.98. The van der Waals surface area contributed by atoms with Crippen LogP contribution in [0.1, 0.15) is 6.92 Å². The molecule has 0 aromatic rings. The Morgan fingerprint density at radius 3 is 2.58 bits per heavy atom. The lowest BCUT2D eigenvalue weighted by atomic mass is 10.5. The van der Waals surface area contributed by atoms with Crippen molar-refractivity contribution in [2.24, 2.45) is 4.99 Å². The number of hydrogen-bond donors (Lipinski definition) is 2. The van der Waals surface area contributed by atoms with Crippen LogP contribution in [0, 0.1) is 0 Å². The maximum absolute atomic E-state index is 11.5. The molecule has 0 bridgehead atoms. The summed E-state index contributed by atoms with van der Waals surface area (Å²) in [4.78, 5) is 17.3. The van der Waals surface area contributed by atoms with Gasteiger partial charge in [-0.1, -0.05) is 0 Å². The molecular formula is C12H26N4O2S. The molecule has 2 N–H and O–H groups in total. The normalized spacial score (nSPS) is 11.3. The van der Waals surface area contributed by atoms with Crippen LogP contribution in [0.25, 0.3) is 0 Å². The molecule has 0 aromatic carbocycles. The Morgan fingerprint density at radius 1 is 1.32 bits per heavy atom. The predicted molar refractivity (Wildman–Crippen MR) is 81.9 cm³/mol. The van der Waals surface area contributed by atoms with Crippen molar-refractivity contribution in [3.8, 4) is 0 Å². The number of carbonyl (C=O) groups excluding carboxylic acids is 1. The van der Waals surface area contributed by atoms with Crippen molar-refractivity contribution in [3.05, 3.63) is 0 Å². The van der Waals surface area contributed by atoms with Gasteiger partial charge in [0, 0.05) is 39.5 Å². The fraction of sp³-hybridized carbons (Fsp3) is 0.833. The largest absolute Gasteiger partial charge is 0.380 e. The molecule has 0 aromatic heterocycles. The number of likely N-dealkylation sites (N-methyl/N-ethyl adjacent to an activating group) is 1. The molecule has 0 aliphatic carbocycles. The zero-order valence-electron chi connectivity index (χ0n) is 12.4. The van der Waals surface area contributed by atoms with E-state index in [1.54, 1.807) is 25.9 Å². The molecule has 6 nitrogen and oxygen atoms in total. The number of carbonyl (C=O) groups is 1. The van der Waals surface area contributed by atoms with E-state index in [2.05, 4.69) is 21.9 Å². The Morgan fingerprint density at radius 2 is 2.00 bits per heavy atom. The van der Waals surface area contributed by atoms with E-state index in [-0.39, 0.29) is 12.5 Å². The highest BCUT2D eigenvalue weighted by molar-refractivity contribution is 7.98. The van der Waals surface area contributed by atoms with Crippen molar-refractivity contribution >= 4 is 23.6 Å². The SMILES string of the molecule is CCOCCNC(=NCC(=O)N(C)C)NCCSC. The van der Waals surface area contributed by atoms with Gasteiger partial charge >= 0.3 is 0 Å². The third kappa shape index (κ3) is 10.6. The van der Waals surface area contributed by atoms with Crippen molar-refractivity contribution in [1.29, 1.82) is 0 Å². The molecule has 0 saturated heterocycles. The van der Waals surface area contributed by atoms with Gasteiger partial charge < -0.3 is 20.3 Å². The molecule has 0 saturated carbocycles. The van der Waals surface area contributed by atoms with Gasteiger partial charge in [-0.2, -0.15) is 11.8 Å². The number of thioether (sulfide) groups is 1. The maximum atomic E-state index is 11.5. The number of hydrogen-bond acceptors (Lipinski definition) is 4. The Balaban J connectivity index is 4.14. The van der Waals surface area contributed by atoms with Crippen LogP contribution in [-0.2, 0) is 9.53 Å². The summed E-state index contributed by atoms with van der Waals surface area (Å²) in [5, 5.41) is 6.33. The Hall–Kier alpha value is -0.950. The van der Waals surface area contributed by atoms with Gasteiger partial charge in [0.05, 0.1) is 6.61 Å². The summed E-state index contributed by atoms with van der Waals surface area (Å²) in [7, 11) is 3.45. The fourth-order valence-electron chi connectivity index (χ4n) is 1.12. The molecule has 19 heavy (non-hydrogen) atoms. The molecule has 7 heteroatoms. The van der Waals surface area contributed by atoms with Gasteiger partial charge in [0.25, 0.3) is 0 Å². The van der Waals surface area contributed by atoms with Crippen LogP contribution in [-0.4, -0.2) is 75.7 Å². The van der Waals surface area contributed by atoms with E-state index in [4.69, 9.17) is 4.74 Å². The Kier molecular flexibility index (Phi) is 11.5. The Bertz CT molecular complexity index is 272. The second-order valence-electron chi connectivity index (χ2n) is 4.00. The molecule has 0 fully saturated rings. The van der Waals surface area contributed by atoms with E-state index in [9.17, 15) is 4.79 Å². The lowest BCUT2D eigenvalue weighted by Crippen LogP contribution is -2.41. The molecule has 0 heterocycles. The zero-order valence-corrected chi connectivity index (χ0v) is 13.2. The molecule has 0 rings (SSSR count). The first kappa shape index (κ1) is 18.0. The molecule has 0 radical (unpaired) electrons. The lowest BCUT2D eigenvalue weighted by molar-refractivity contribution is -0.127. The lowest BCUT2D eigenvalue weighted by Gasteiger charge is -2.13. The minimum absolute atomic E-state index is 0.0178. The predicted octanol–water partition coefficient (Wildman–Crippen LogP) is 0.00930. The first-order valence-corrected chi connectivity index (χ1v) is 7.80. The van der Waals surface area contributed by atoms with E-state index in [1.807, 2.05) is 6.92 Å². The topological polar surface area (TPSA) is 66.0 Å². The van der Waals surface area contributed by atoms with Crippen LogP contribution in [0.3, 0.4) is 0 Å². The molecule has 112 valence electrons. The van der Waals surface area contributed by atoms with E-state index < -0.39 is 0 Å². The molecule has 0 unspecified atom stereocenters. The van der Waals surface area contributed by atoms with Crippen LogP contribution in [0.2, 0.25) is 0 Å². The van der Waals surface area contributed by atoms with Gasteiger partial charge in [-0.05, 0) is 13.2 Å². The number of nitrogens with zero attached hydrogens (tertiary/aromatic N) is 2. The zero-order chi connectivity index (χ0) is 14.5. The summed E-state index contributed by atoms with van der Waals surface area (Å²) < 4.78 is 5.25. The van der Waals surface area contributed by atoms with Crippen LogP contribution in [0.5, 0.6) is 0 Å². The van der Waals surface area contributed by atoms with Gasteiger partial charge in [-0.15, -0.1) is 0 Å². The van der Waals surface area contributed by atoms with Crippen LogP contribution < -0.4 is 10.6 Å². The quantitative estimate of drug-likeness (QED) is 0.356. The molecular weight excluding hydrogens is 264 g/mol. The van der Waals surface area contributed by atoms with Crippen molar-refractivity contribution in [1.82, 2.24) is 15.5 Å². The van der Waals surface area contributed by atoms with Gasteiger partial charge in [-0.3, -0.25) is 4.79 Å². The first-order chi connectivity index (χ1) is 9.11. The van der Waals surface area contributed by atoms with Crippen molar-refractivity contribution in [3.63, 3.8) is 0 Å². The highest BCUT2D eigenvalue weighted by Crippen LogP contribution is 1.87. The fourth-order valence-corrected chi connectivity index (χ4v) is 1.43. The van der Waals surface area contributed by atoms with Gasteiger partial charge in [0.2, 0.25) is 5.91 Å². The van der Waals surface area contributed by atoms with Crippen LogP contribution >= 0.6 is 11.8 Å². The molecule has 0 aliphatic heterocycles. The minimum atomic E-state index is -0.0178. The number of rotatable bonds is 9. The maximum Gasteiger partial charge on any atom is 0.243 e. The van der Waals surface area contributed by atoms with Crippen LogP contribution in [0.4, 0.5) is 0 Å². The van der Waals surface area contributed by atoms with Crippen molar-refractivity contribution < 1.29 is 9.53 Å².